The van der Waals surface area contributed by atoms with Gasteiger partial charge in [-0.25, -0.2) is 14.6 Å². The summed E-state index contributed by atoms with van der Waals surface area (Å²) in [4.78, 5) is 23.5. The second-order valence-corrected chi connectivity index (χ2v) is 6.93. The van der Waals surface area contributed by atoms with E-state index in [1.807, 2.05) is 19.1 Å². The van der Waals surface area contributed by atoms with Crippen molar-refractivity contribution in [1.29, 1.82) is 0 Å². The third-order valence-electron chi connectivity index (χ3n) is 4.87. The summed E-state index contributed by atoms with van der Waals surface area (Å²) >= 11 is 0. The molecule has 0 atom stereocenters. The molecule has 0 spiro atoms. The highest BCUT2D eigenvalue weighted by atomic mass is 16.3. The van der Waals surface area contributed by atoms with E-state index in [9.17, 15) is 4.79 Å². The molecule has 1 N–H and O–H groups in total. The van der Waals surface area contributed by atoms with Crippen molar-refractivity contribution < 1.29 is 9.21 Å². The molecule has 8 heteroatoms. The molecule has 0 bridgehead atoms. The fourth-order valence-corrected chi connectivity index (χ4v) is 3.49. The molecule has 3 aromatic heterocycles. The number of carbonyl (C=O) groups excluding carboxylic acids is 1. The fraction of sp³-hybridized carbons (Fsp3) is 0.474. The first kappa shape index (κ1) is 17.5. The van der Waals surface area contributed by atoms with Crippen molar-refractivity contribution in [3.05, 3.63) is 36.2 Å². The van der Waals surface area contributed by atoms with Crippen LogP contribution >= 0.6 is 0 Å². The Morgan fingerprint density at radius 3 is 2.74 bits per heavy atom. The van der Waals surface area contributed by atoms with Crippen LogP contribution in [0, 0.1) is 6.92 Å². The minimum atomic E-state index is -0.135. The number of rotatable bonds is 5. The van der Waals surface area contributed by atoms with Gasteiger partial charge in [-0.3, -0.25) is 4.79 Å². The summed E-state index contributed by atoms with van der Waals surface area (Å²) in [5.74, 6) is 2.34. The lowest BCUT2D eigenvalue weighted by molar-refractivity contribution is -0.122. The van der Waals surface area contributed by atoms with Crippen LogP contribution in [0.2, 0.25) is 0 Å². The second-order valence-electron chi connectivity index (χ2n) is 6.93. The van der Waals surface area contributed by atoms with Gasteiger partial charge in [-0.2, -0.15) is 5.10 Å². The lowest BCUT2D eigenvalue weighted by Crippen LogP contribution is -2.27. The molecule has 27 heavy (non-hydrogen) atoms. The molecule has 1 fully saturated rings. The number of amides is 1. The van der Waals surface area contributed by atoms with E-state index in [1.54, 1.807) is 17.2 Å². The summed E-state index contributed by atoms with van der Waals surface area (Å²) < 4.78 is 7.10. The Morgan fingerprint density at radius 1 is 1.19 bits per heavy atom. The average molecular weight is 368 g/mol. The largest absolute Gasteiger partial charge is 0.465 e. The zero-order valence-corrected chi connectivity index (χ0v) is 15.5. The van der Waals surface area contributed by atoms with Crippen LogP contribution in [0.25, 0.3) is 11.0 Å². The van der Waals surface area contributed by atoms with Gasteiger partial charge in [0.2, 0.25) is 5.91 Å². The van der Waals surface area contributed by atoms with E-state index in [0.29, 0.717) is 12.2 Å². The Bertz CT molecular complexity index is 923. The van der Waals surface area contributed by atoms with E-state index in [-0.39, 0.29) is 12.5 Å². The number of aryl methyl sites for hydroxylation is 1. The van der Waals surface area contributed by atoms with Crippen molar-refractivity contribution >= 4 is 22.8 Å². The third kappa shape index (κ3) is 3.94. The number of fused-ring (bicyclic) bond motifs is 1. The van der Waals surface area contributed by atoms with E-state index in [2.05, 4.69) is 25.3 Å². The maximum atomic E-state index is 12.3. The first-order chi connectivity index (χ1) is 13.2. The SMILES string of the molecule is Cc1ccc(CNC(=O)Cn2ncc3c(N4CCCCCC4)ncnc32)o1. The van der Waals surface area contributed by atoms with Gasteiger partial charge in [0.1, 0.15) is 30.2 Å². The van der Waals surface area contributed by atoms with Gasteiger partial charge in [-0.15, -0.1) is 0 Å². The van der Waals surface area contributed by atoms with Gasteiger partial charge >= 0.3 is 0 Å². The molecule has 0 unspecified atom stereocenters. The molecule has 0 aliphatic carbocycles. The fourth-order valence-electron chi connectivity index (χ4n) is 3.49. The first-order valence-electron chi connectivity index (χ1n) is 9.44. The van der Waals surface area contributed by atoms with Crippen molar-refractivity contribution in [1.82, 2.24) is 25.1 Å². The Kier molecular flexibility index (Phi) is 5.04. The highest BCUT2D eigenvalue weighted by Crippen LogP contribution is 2.25. The number of nitrogens with zero attached hydrogens (tertiary/aromatic N) is 5. The van der Waals surface area contributed by atoms with Crippen LogP contribution in [0.4, 0.5) is 5.82 Å². The first-order valence-corrected chi connectivity index (χ1v) is 9.44. The number of carbonyl (C=O) groups is 1. The van der Waals surface area contributed by atoms with E-state index >= 15 is 0 Å². The predicted octanol–water partition coefficient (Wildman–Crippen LogP) is 2.42. The van der Waals surface area contributed by atoms with Gasteiger partial charge < -0.3 is 14.6 Å². The quantitative estimate of drug-likeness (QED) is 0.744. The Balaban J connectivity index is 1.47. The molecule has 8 nitrogen and oxygen atoms in total. The smallest absolute Gasteiger partial charge is 0.242 e. The summed E-state index contributed by atoms with van der Waals surface area (Å²) in [5, 5.41) is 8.13. The molecular weight excluding hydrogens is 344 g/mol. The molecule has 0 aromatic carbocycles. The Hall–Kier alpha value is -2.90. The molecule has 1 aliphatic heterocycles. The van der Waals surface area contributed by atoms with E-state index in [4.69, 9.17) is 4.42 Å². The molecule has 142 valence electrons. The summed E-state index contributed by atoms with van der Waals surface area (Å²) in [7, 11) is 0. The van der Waals surface area contributed by atoms with E-state index in [0.717, 1.165) is 35.8 Å². The molecule has 1 amide bonds. The standard InChI is InChI=1S/C19H24N6O2/c1-14-6-7-15(27-14)10-20-17(26)12-25-19-16(11-23-25)18(21-13-22-19)24-8-4-2-3-5-9-24/h6-7,11,13H,2-5,8-10,12H2,1H3,(H,20,26). The van der Waals surface area contributed by atoms with Gasteiger partial charge in [0.15, 0.2) is 5.65 Å². The normalized spacial score (nSPS) is 15.1. The third-order valence-corrected chi connectivity index (χ3v) is 4.87. The number of nitrogens with one attached hydrogen (secondary N) is 1. The Labute approximate surface area is 157 Å². The summed E-state index contributed by atoms with van der Waals surface area (Å²) in [6.07, 6.45) is 8.20. The number of hydrogen-bond donors (Lipinski definition) is 1. The van der Waals surface area contributed by atoms with Crippen LogP contribution < -0.4 is 10.2 Å². The zero-order valence-electron chi connectivity index (χ0n) is 15.5. The number of aromatic nitrogens is 4. The number of furan rings is 1. The van der Waals surface area contributed by atoms with Gasteiger partial charge in [-0.05, 0) is 31.9 Å². The highest BCUT2D eigenvalue weighted by molar-refractivity contribution is 5.87. The van der Waals surface area contributed by atoms with Crippen LogP contribution in [0.15, 0.2) is 29.1 Å². The van der Waals surface area contributed by atoms with Gasteiger partial charge in [0, 0.05) is 13.1 Å². The highest BCUT2D eigenvalue weighted by Gasteiger charge is 2.18. The van der Waals surface area contributed by atoms with E-state index < -0.39 is 0 Å². The number of anilines is 1. The lowest BCUT2D eigenvalue weighted by atomic mass is 10.2. The van der Waals surface area contributed by atoms with E-state index in [1.165, 1.54) is 25.7 Å². The van der Waals surface area contributed by atoms with Crippen molar-refractivity contribution in [2.45, 2.75) is 45.7 Å². The van der Waals surface area contributed by atoms with Crippen molar-refractivity contribution in [2.24, 2.45) is 0 Å². The molecule has 0 saturated carbocycles. The monoisotopic (exact) mass is 368 g/mol. The molecule has 4 heterocycles. The van der Waals surface area contributed by atoms with Crippen LogP contribution in [0.1, 0.15) is 37.2 Å². The minimum Gasteiger partial charge on any atom is -0.465 e. The van der Waals surface area contributed by atoms with Crippen LogP contribution in [-0.2, 0) is 17.9 Å². The second kappa shape index (κ2) is 7.77. The maximum absolute atomic E-state index is 12.3. The zero-order chi connectivity index (χ0) is 18.6. The molecular formula is C19H24N6O2. The summed E-state index contributed by atoms with van der Waals surface area (Å²) in [5.41, 5.74) is 0.688. The van der Waals surface area contributed by atoms with Gasteiger partial charge in [-0.1, -0.05) is 12.8 Å². The van der Waals surface area contributed by atoms with Gasteiger partial charge in [0.25, 0.3) is 0 Å². The molecule has 3 aromatic rings. The minimum absolute atomic E-state index is 0.111. The number of hydrogen-bond acceptors (Lipinski definition) is 6. The lowest BCUT2D eigenvalue weighted by Gasteiger charge is -2.21. The summed E-state index contributed by atoms with van der Waals surface area (Å²) in [6.45, 7) is 4.35. The van der Waals surface area contributed by atoms with Crippen molar-refractivity contribution in [3.8, 4) is 0 Å². The van der Waals surface area contributed by atoms with Crippen molar-refractivity contribution in [2.75, 3.05) is 18.0 Å². The molecule has 1 aliphatic rings. The Morgan fingerprint density at radius 2 is 2.00 bits per heavy atom. The predicted molar refractivity (Wildman–Crippen MR) is 101 cm³/mol. The molecule has 1 saturated heterocycles. The topological polar surface area (TPSA) is 89.1 Å². The van der Waals surface area contributed by atoms with Crippen LogP contribution in [-0.4, -0.2) is 38.7 Å². The van der Waals surface area contributed by atoms with Crippen LogP contribution in [0.5, 0.6) is 0 Å². The van der Waals surface area contributed by atoms with Crippen LogP contribution in [0.3, 0.4) is 0 Å². The average Bonchev–Trinajstić information content (AvgIpc) is 3.16. The van der Waals surface area contributed by atoms with Gasteiger partial charge in [0.05, 0.1) is 18.1 Å². The van der Waals surface area contributed by atoms with Crippen molar-refractivity contribution in [3.63, 3.8) is 0 Å². The molecule has 0 radical (unpaired) electrons. The molecule has 4 rings (SSSR count). The summed E-state index contributed by atoms with van der Waals surface area (Å²) in [6, 6.07) is 3.74. The maximum Gasteiger partial charge on any atom is 0.242 e.